The van der Waals surface area contributed by atoms with E-state index in [-0.39, 0.29) is 4.95 Å². The first-order valence-electron chi connectivity index (χ1n) is 2.43. The second kappa shape index (κ2) is 2.29. The zero-order valence-corrected chi connectivity index (χ0v) is 6.15. The van der Waals surface area contributed by atoms with Crippen LogP contribution in [0.15, 0.2) is 0 Å². The SMILES string of the molecule is CN1CNC(F)C1Br. The molecule has 1 fully saturated rings. The Balaban J connectivity index is 2.44. The van der Waals surface area contributed by atoms with Gasteiger partial charge in [0.15, 0.2) is 6.30 Å². The Morgan fingerprint density at radius 3 is 2.62 bits per heavy atom. The normalized spacial score (nSPS) is 40.9. The molecular weight excluding hydrogens is 175 g/mol. The first kappa shape index (κ1) is 6.45. The molecule has 0 amide bonds. The summed E-state index contributed by atoms with van der Waals surface area (Å²) in [6.45, 7) is 0.622. The third kappa shape index (κ3) is 1.01. The summed E-state index contributed by atoms with van der Waals surface area (Å²) in [6, 6.07) is 0. The van der Waals surface area contributed by atoms with Gasteiger partial charge >= 0.3 is 0 Å². The molecule has 4 heteroatoms. The van der Waals surface area contributed by atoms with Crippen LogP contribution >= 0.6 is 15.9 Å². The maximum Gasteiger partial charge on any atom is 0.177 e. The van der Waals surface area contributed by atoms with Gasteiger partial charge in [0.05, 0.1) is 6.67 Å². The molecule has 0 aliphatic carbocycles. The van der Waals surface area contributed by atoms with E-state index in [1.165, 1.54) is 0 Å². The van der Waals surface area contributed by atoms with Crippen LogP contribution in [0.3, 0.4) is 0 Å². The first-order valence-corrected chi connectivity index (χ1v) is 3.35. The van der Waals surface area contributed by atoms with Gasteiger partial charge in [-0.15, -0.1) is 0 Å². The highest BCUT2D eigenvalue weighted by Crippen LogP contribution is 2.15. The lowest BCUT2D eigenvalue weighted by Crippen LogP contribution is -2.24. The lowest BCUT2D eigenvalue weighted by molar-refractivity contribution is 0.288. The van der Waals surface area contributed by atoms with E-state index in [9.17, 15) is 4.39 Å². The molecule has 0 bridgehead atoms. The van der Waals surface area contributed by atoms with E-state index < -0.39 is 6.30 Å². The van der Waals surface area contributed by atoms with E-state index in [0.717, 1.165) is 0 Å². The van der Waals surface area contributed by atoms with Crippen LogP contribution < -0.4 is 5.32 Å². The van der Waals surface area contributed by atoms with Crippen molar-refractivity contribution in [1.29, 1.82) is 0 Å². The van der Waals surface area contributed by atoms with E-state index in [1.807, 2.05) is 11.9 Å². The molecule has 0 saturated carbocycles. The number of alkyl halides is 2. The number of halogens is 2. The third-order valence-electron chi connectivity index (χ3n) is 1.20. The quantitative estimate of drug-likeness (QED) is 0.434. The second-order valence-electron chi connectivity index (χ2n) is 1.89. The molecule has 0 aromatic carbocycles. The van der Waals surface area contributed by atoms with Crippen molar-refractivity contribution in [3.05, 3.63) is 0 Å². The van der Waals surface area contributed by atoms with Crippen LogP contribution in [-0.4, -0.2) is 29.9 Å². The largest absolute Gasteiger partial charge is 0.277 e. The molecule has 48 valence electrons. The van der Waals surface area contributed by atoms with Crippen LogP contribution in [0.4, 0.5) is 4.39 Å². The van der Waals surface area contributed by atoms with Crippen molar-refractivity contribution in [3.8, 4) is 0 Å². The van der Waals surface area contributed by atoms with E-state index >= 15 is 0 Å². The smallest absolute Gasteiger partial charge is 0.177 e. The Hall–Kier alpha value is 0.330. The summed E-state index contributed by atoms with van der Waals surface area (Å²) in [5.41, 5.74) is 0. The molecule has 0 aromatic heterocycles. The Labute approximate surface area is 56.2 Å². The summed E-state index contributed by atoms with van der Waals surface area (Å²) < 4.78 is 12.4. The van der Waals surface area contributed by atoms with Gasteiger partial charge in [0.2, 0.25) is 0 Å². The summed E-state index contributed by atoms with van der Waals surface area (Å²) in [6.07, 6.45) is -0.917. The predicted octanol–water partition coefficient (Wildman–Crippen LogP) is 0.495. The summed E-state index contributed by atoms with van der Waals surface area (Å²) in [5, 5.41) is 2.63. The monoisotopic (exact) mass is 182 g/mol. The van der Waals surface area contributed by atoms with Crippen LogP contribution in [0, 0.1) is 0 Å². The number of hydrogen-bond acceptors (Lipinski definition) is 2. The number of likely N-dealkylation sites (N-methyl/N-ethyl adjacent to an activating group) is 1. The van der Waals surface area contributed by atoms with E-state index in [4.69, 9.17) is 0 Å². The van der Waals surface area contributed by atoms with E-state index in [0.29, 0.717) is 6.67 Å². The molecule has 1 aliphatic heterocycles. The van der Waals surface area contributed by atoms with Crippen molar-refractivity contribution >= 4 is 15.9 Å². The Bertz CT molecular complexity index is 80.1. The van der Waals surface area contributed by atoms with Gasteiger partial charge in [0.1, 0.15) is 4.95 Å². The molecule has 0 radical (unpaired) electrons. The van der Waals surface area contributed by atoms with Gasteiger partial charge in [-0.25, -0.2) is 4.39 Å². The van der Waals surface area contributed by atoms with E-state index in [2.05, 4.69) is 21.2 Å². The first-order chi connectivity index (χ1) is 3.72. The van der Waals surface area contributed by atoms with Crippen molar-refractivity contribution in [2.24, 2.45) is 0 Å². The molecule has 2 nitrogen and oxygen atoms in total. The fraction of sp³-hybridized carbons (Fsp3) is 1.00. The van der Waals surface area contributed by atoms with Gasteiger partial charge in [-0.1, -0.05) is 15.9 Å². The van der Waals surface area contributed by atoms with Crippen LogP contribution in [-0.2, 0) is 0 Å². The Morgan fingerprint density at radius 1 is 1.88 bits per heavy atom. The van der Waals surface area contributed by atoms with Crippen LogP contribution in [0.1, 0.15) is 0 Å². The minimum absolute atomic E-state index is 0.150. The average molecular weight is 183 g/mol. The Kier molecular flexibility index (Phi) is 1.84. The lowest BCUT2D eigenvalue weighted by Gasteiger charge is -2.10. The average Bonchev–Trinajstić information content (AvgIpc) is 1.98. The molecule has 0 spiro atoms. The van der Waals surface area contributed by atoms with Crippen molar-refractivity contribution in [3.63, 3.8) is 0 Å². The highest BCUT2D eigenvalue weighted by atomic mass is 79.9. The zero-order valence-electron chi connectivity index (χ0n) is 4.56. The fourth-order valence-corrected chi connectivity index (χ4v) is 0.971. The minimum Gasteiger partial charge on any atom is -0.277 e. The molecule has 0 aromatic rings. The molecule has 1 rings (SSSR count). The number of nitrogens with zero attached hydrogens (tertiary/aromatic N) is 1. The van der Waals surface area contributed by atoms with Gasteiger partial charge < -0.3 is 0 Å². The third-order valence-corrected chi connectivity index (χ3v) is 2.36. The van der Waals surface area contributed by atoms with Gasteiger partial charge in [-0.05, 0) is 7.05 Å². The van der Waals surface area contributed by atoms with Gasteiger partial charge in [0, 0.05) is 0 Å². The van der Waals surface area contributed by atoms with E-state index in [1.54, 1.807) is 0 Å². The zero-order chi connectivity index (χ0) is 6.15. The number of rotatable bonds is 0. The molecule has 2 unspecified atom stereocenters. The van der Waals surface area contributed by atoms with Gasteiger partial charge in [-0.3, -0.25) is 10.2 Å². The molecular formula is C4H8BrFN2. The molecule has 8 heavy (non-hydrogen) atoms. The maximum atomic E-state index is 12.4. The maximum absolute atomic E-state index is 12.4. The molecule has 1 saturated heterocycles. The van der Waals surface area contributed by atoms with Crippen molar-refractivity contribution in [1.82, 2.24) is 10.2 Å². The van der Waals surface area contributed by atoms with Crippen LogP contribution in [0.5, 0.6) is 0 Å². The molecule has 1 heterocycles. The Morgan fingerprint density at radius 2 is 2.50 bits per heavy atom. The molecule has 1 N–H and O–H groups in total. The standard InChI is InChI=1S/C4H8BrFN2/c1-8-2-7-4(6)3(8)5/h3-4,7H,2H2,1H3. The number of nitrogens with one attached hydrogen (secondary N) is 1. The lowest BCUT2D eigenvalue weighted by atomic mass is 10.6. The topological polar surface area (TPSA) is 15.3 Å². The van der Waals surface area contributed by atoms with Crippen molar-refractivity contribution in [2.75, 3.05) is 13.7 Å². The summed E-state index contributed by atoms with van der Waals surface area (Å²) in [5.74, 6) is 0. The molecule has 1 aliphatic rings. The van der Waals surface area contributed by atoms with Crippen LogP contribution in [0.2, 0.25) is 0 Å². The summed E-state index contributed by atoms with van der Waals surface area (Å²) >= 11 is 3.16. The summed E-state index contributed by atoms with van der Waals surface area (Å²) in [4.78, 5) is 1.70. The minimum atomic E-state index is -0.917. The van der Waals surface area contributed by atoms with Gasteiger partial charge in [0.25, 0.3) is 0 Å². The van der Waals surface area contributed by atoms with Crippen molar-refractivity contribution in [2.45, 2.75) is 11.2 Å². The molecule has 2 atom stereocenters. The highest BCUT2D eigenvalue weighted by Gasteiger charge is 2.27. The number of hydrogen-bond donors (Lipinski definition) is 1. The fourth-order valence-electron chi connectivity index (χ4n) is 0.639. The second-order valence-corrected chi connectivity index (χ2v) is 2.83. The van der Waals surface area contributed by atoms with Crippen LogP contribution in [0.25, 0.3) is 0 Å². The predicted molar refractivity (Wildman–Crippen MR) is 33.4 cm³/mol. The summed E-state index contributed by atoms with van der Waals surface area (Å²) in [7, 11) is 1.85. The van der Waals surface area contributed by atoms with Gasteiger partial charge in [-0.2, -0.15) is 0 Å². The highest BCUT2D eigenvalue weighted by molar-refractivity contribution is 9.09. The van der Waals surface area contributed by atoms with Crippen molar-refractivity contribution < 1.29 is 4.39 Å².